The van der Waals surface area contributed by atoms with Gasteiger partial charge in [-0.1, -0.05) is 24.3 Å². The minimum Gasteiger partial charge on any atom is -0.497 e. The fourth-order valence-electron chi connectivity index (χ4n) is 2.76. The van der Waals surface area contributed by atoms with Crippen molar-refractivity contribution in [2.45, 2.75) is 18.4 Å². The van der Waals surface area contributed by atoms with E-state index in [9.17, 15) is 18.5 Å². The van der Waals surface area contributed by atoms with E-state index in [1.807, 2.05) is 36.4 Å². The Morgan fingerprint density at radius 1 is 1.04 bits per heavy atom. The van der Waals surface area contributed by atoms with Gasteiger partial charge in [0.25, 0.3) is 5.69 Å². The van der Waals surface area contributed by atoms with E-state index in [1.165, 1.54) is 12.1 Å². The Morgan fingerprint density at radius 3 is 2.44 bits per heavy atom. The monoisotopic (exact) mass is 386 g/mol. The van der Waals surface area contributed by atoms with Gasteiger partial charge in [-0.05, 0) is 47.0 Å². The summed E-state index contributed by atoms with van der Waals surface area (Å²) in [5, 5.41) is 12.9. The van der Waals surface area contributed by atoms with Gasteiger partial charge in [-0.2, -0.15) is 0 Å². The van der Waals surface area contributed by atoms with E-state index in [4.69, 9.17) is 4.74 Å². The number of nitrogens with one attached hydrogen (secondary N) is 1. The van der Waals surface area contributed by atoms with Crippen LogP contribution in [0.1, 0.15) is 11.1 Å². The van der Waals surface area contributed by atoms with Gasteiger partial charge in [-0.25, -0.2) is 13.1 Å². The van der Waals surface area contributed by atoms with E-state index in [1.54, 1.807) is 14.0 Å². The molecule has 3 aromatic rings. The molecule has 3 aromatic carbocycles. The Labute approximate surface area is 156 Å². The van der Waals surface area contributed by atoms with Crippen LogP contribution in [0.15, 0.2) is 59.5 Å². The normalized spacial score (nSPS) is 11.5. The number of hydrogen-bond donors (Lipinski definition) is 1. The Kier molecular flexibility index (Phi) is 5.11. The number of methoxy groups -OCH3 is 1. The van der Waals surface area contributed by atoms with Gasteiger partial charge in [0.1, 0.15) is 5.75 Å². The molecule has 0 fully saturated rings. The first-order valence-corrected chi connectivity index (χ1v) is 9.60. The number of hydrogen-bond acceptors (Lipinski definition) is 5. The molecule has 0 radical (unpaired) electrons. The molecule has 8 heteroatoms. The number of nitro groups is 1. The van der Waals surface area contributed by atoms with E-state index in [2.05, 4.69) is 4.72 Å². The predicted molar refractivity (Wildman–Crippen MR) is 102 cm³/mol. The fourth-order valence-corrected chi connectivity index (χ4v) is 4.04. The number of benzene rings is 3. The van der Waals surface area contributed by atoms with Crippen molar-refractivity contribution in [3.05, 3.63) is 75.8 Å². The first-order chi connectivity index (χ1) is 12.8. The summed E-state index contributed by atoms with van der Waals surface area (Å²) in [5.41, 5.74) is 0.957. The lowest BCUT2D eigenvalue weighted by molar-refractivity contribution is -0.385. The molecule has 3 rings (SSSR count). The summed E-state index contributed by atoms with van der Waals surface area (Å²) in [7, 11) is -2.29. The number of aryl methyl sites for hydroxylation is 1. The molecule has 27 heavy (non-hydrogen) atoms. The molecule has 1 N–H and O–H groups in total. The maximum atomic E-state index is 12.6. The van der Waals surface area contributed by atoms with Crippen LogP contribution in [0.4, 0.5) is 5.69 Å². The van der Waals surface area contributed by atoms with Gasteiger partial charge >= 0.3 is 0 Å². The highest BCUT2D eigenvalue weighted by Gasteiger charge is 2.20. The van der Waals surface area contributed by atoms with Crippen molar-refractivity contribution in [1.29, 1.82) is 0 Å². The van der Waals surface area contributed by atoms with E-state index < -0.39 is 14.9 Å². The number of nitro benzene ring substituents is 1. The Morgan fingerprint density at radius 2 is 1.74 bits per heavy atom. The lowest BCUT2D eigenvalue weighted by atomic mass is 10.1. The minimum atomic E-state index is -3.88. The third kappa shape index (κ3) is 4.07. The number of sulfonamides is 1. The summed E-state index contributed by atoms with van der Waals surface area (Å²) in [4.78, 5) is 10.2. The molecular formula is C19H18N2O5S. The lowest BCUT2D eigenvalue weighted by Gasteiger charge is -2.10. The van der Waals surface area contributed by atoms with Crippen LogP contribution >= 0.6 is 0 Å². The third-order valence-electron chi connectivity index (χ3n) is 4.25. The topological polar surface area (TPSA) is 98.5 Å². The SMILES string of the molecule is COc1ccc2cc(CNS(=O)(=O)c3cc([N+](=O)[O-])ccc3C)ccc2c1. The third-order valence-corrected chi connectivity index (χ3v) is 5.79. The van der Waals surface area contributed by atoms with Gasteiger partial charge in [0.15, 0.2) is 0 Å². The van der Waals surface area contributed by atoms with Gasteiger partial charge in [0, 0.05) is 18.7 Å². The van der Waals surface area contributed by atoms with Crippen molar-refractivity contribution < 1.29 is 18.1 Å². The standard InChI is InChI=1S/C19H18N2O5S/c1-13-3-7-17(21(22)23)11-19(13)27(24,25)20-12-14-4-5-16-10-18(26-2)8-6-15(16)9-14/h3-11,20H,12H2,1-2H3. The number of rotatable bonds is 6. The van der Waals surface area contributed by atoms with Gasteiger partial charge in [0.05, 0.1) is 16.9 Å². The van der Waals surface area contributed by atoms with E-state index >= 15 is 0 Å². The predicted octanol–water partition coefficient (Wildman–Crippen LogP) is 3.54. The van der Waals surface area contributed by atoms with Crippen LogP contribution in [0.2, 0.25) is 0 Å². The molecule has 0 aliphatic heterocycles. The first kappa shape index (κ1) is 18.8. The molecule has 0 heterocycles. The average molecular weight is 386 g/mol. The zero-order valence-electron chi connectivity index (χ0n) is 14.8. The maximum absolute atomic E-state index is 12.6. The largest absolute Gasteiger partial charge is 0.497 e. The smallest absolute Gasteiger partial charge is 0.270 e. The Hall–Kier alpha value is -2.97. The molecule has 0 aliphatic rings. The molecule has 140 valence electrons. The second-order valence-corrected chi connectivity index (χ2v) is 7.81. The van der Waals surface area contributed by atoms with Crippen LogP contribution in [-0.4, -0.2) is 20.5 Å². The number of non-ortho nitro benzene ring substituents is 1. The number of nitrogens with zero attached hydrogens (tertiary/aromatic N) is 1. The van der Waals surface area contributed by atoms with Crippen LogP contribution in [0.25, 0.3) is 10.8 Å². The van der Waals surface area contributed by atoms with Crippen LogP contribution in [0, 0.1) is 17.0 Å². The fraction of sp³-hybridized carbons (Fsp3) is 0.158. The molecule has 0 amide bonds. The average Bonchev–Trinajstić information content (AvgIpc) is 2.65. The molecular weight excluding hydrogens is 368 g/mol. The van der Waals surface area contributed by atoms with Crippen LogP contribution < -0.4 is 9.46 Å². The Bertz CT molecular complexity index is 1130. The summed E-state index contributed by atoms with van der Waals surface area (Å²) in [5.74, 6) is 0.747. The molecule has 0 saturated heterocycles. The summed E-state index contributed by atoms with van der Waals surface area (Å²) in [6, 6.07) is 15.0. The minimum absolute atomic E-state index is 0.0758. The molecule has 0 spiro atoms. The molecule has 0 atom stereocenters. The van der Waals surface area contributed by atoms with Crippen molar-refractivity contribution in [2.75, 3.05) is 7.11 Å². The van der Waals surface area contributed by atoms with Gasteiger partial charge in [-0.3, -0.25) is 10.1 Å². The van der Waals surface area contributed by atoms with Crippen molar-refractivity contribution in [1.82, 2.24) is 4.72 Å². The quantitative estimate of drug-likeness (QED) is 0.516. The van der Waals surface area contributed by atoms with Crippen molar-refractivity contribution in [3.63, 3.8) is 0 Å². The molecule has 0 unspecified atom stereocenters. The van der Waals surface area contributed by atoms with Crippen LogP contribution in [-0.2, 0) is 16.6 Å². The highest BCUT2D eigenvalue weighted by Crippen LogP contribution is 2.24. The van der Waals surface area contributed by atoms with Gasteiger partial charge < -0.3 is 4.74 Å². The summed E-state index contributed by atoms with van der Waals surface area (Å²) >= 11 is 0. The summed E-state index contributed by atoms with van der Waals surface area (Å²) < 4.78 is 32.9. The van der Waals surface area contributed by atoms with E-state index in [-0.39, 0.29) is 17.1 Å². The van der Waals surface area contributed by atoms with Crippen LogP contribution in [0.5, 0.6) is 5.75 Å². The zero-order chi connectivity index (χ0) is 19.6. The maximum Gasteiger partial charge on any atom is 0.270 e. The van der Waals surface area contributed by atoms with E-state index in [0.717, 1.165) is 28.2 Å². The number of ether oxygens (including phenoxy) is 1. The summed E-state index contributed by atoms with van der Waals surface area (Å²) in [6.45, 7) is 1.67. The van der Waals surface area contributed by atoms with Crippen molar-refractivity contribution in [2.24, 2.45) is 0 Å². The highest BCUT2D eigenvalue weighted by atomic mass is 32.2. The molecule has 0 aliphatic carbocycles. The molecule has 0 aromatic heterocycles. The first-order valence-electron chi connectivity index (χ1n) is 8.11. The Balaban J connectivity index is 1.84. The van der Waals surface area contributed by atoms with Gasteiger partial charge in [0.2, 0.25) is 10.0 Å². The lowest BCUT2D eigenvalue weighted by Crippen LogP contribution is -2.24. The molecule has 7 nitrogen and oxygen atoms in total. The molecule has 0 bridgehead atoms. The van der Waals surface area contributed by atoms with Crippen molar-refractivity contribution in [3.8, 4) is 5.75 Å². The van der Waals surface area contributed by atoms with Crippen molar-refractivity contribution >= 4 is 26.5 Å². The van der Waals surface area contributed by atoms with Crippen LogP contribution in [0.3, 0.4) is 0 Å². The summed E-state index contributed by atoms with van der Waals surface area (Å²) in [6.07, 6.45) is 0. The zero-order valence-corrected chi connectivity index (χ0v) is 15.6. The van der Waals surface area contributed by atoms with E-state index in [0.29, 0.717) is 5.56 Å². The second kappa shape index (κ2) is 7.34. The molecule has 0 saturated carbocycles. The second-order valence-electron chi connectivity index (χ2n) is 6.08. The highest BCUT2D eigenvalue weighted by molar-refractivity contribution is 7.89. The van der Waals surface area contributed by atoms with Gasteiger partial charge in [-0.15, -0.1) is 0 Å². The number of fused-ring (bicyclic) bond motifs is 1.